The first-order chi connectivity index (χ1) is 13.6. The lowest BCUT2D eigenvalue weighted by Crippen LogP contribution is -2.27. The largest absolute Gasteiger partial charge is 0.320 e. The Labute approximate surface area is 165 Å². The summed E-state index contributed by atoms with van der Waals surface area (Å²) in [5, 5.41) is 11.6. The van der Waals surface area contributed by atoms with Crippen LogP contribution in [0.3, 0.4) is 0 Å². The van der Waals surface area contributed by atoms with Gasteiger partial charge in [-0.25, -0.2) is 22.6 Å². The van der Waals surface area contributed by atoms with Crippen LogP contribution >= 0.6 is 0 Å². The van der Waals surface area contributed by atoms with E-state index in [2.05, 4.69) is 10.4 Å². The second kappa shape index (κ2) is 7.57. The van der Waals surface area contributed by atoms with Gasteiger partial charge in [0.1, 0.15) is 11.5 Å². The molecule has 0 aliphatic heterocycles. The van der Waals surface area contributed by atoms with Gasteiger partial charge in [-0.05, 0) is 43.7 Å². The maximum Gasteiger partial charge on any atom is 0.280 e. The van der Waals surface area contributed by atoms with Gasteiger partial charge in [0.25, 0.3) is 5.91 Å². The predicted molar refractivity (Wildman–Crippen MR) is 105 cm³/mol. The number of nitrogens with one attached hydrogen (secondary N) is 1. The number of nitrogens with two attached hydrogens (primary N) is 1. The zero-order valence-corrected chi connectivity index (χ0v) is 16.3. The van der Waals surface area contributed by atoms with Crippen LogP contribution in [0.25, 0.3) is 5.69 Å². The molecule has 0 unspecified atom stereocenters. The molecule has 29 heavy (non-hydrogen) atoms. The lowest BCUT2D eigenvalue weighted by atomic mass is 10.2. The van der Waals surface area contributed by atoms with E-state index in [1.165, 1.54) is 42.5 Å². The Morgan fingerprint density at radius 2 is 1.83 bits per heavy atom. The smallest absolute Gasteiger partial charge is 0.280 e. The van der Waals surface area contributed by atoms with Gasteiger partial charge in [-0.15, -0.1) is 0 Å². The van der Waals surface area contributed by atoms with Crippen LogP contribution in [0.4, 0.5) is 10.1 Å². The van der Waals surface area contributed by atoms with Crippen molar-refractivity contribution in [3.05, 3.63) is 81.5 Å². The van der Waals surface area contributed by atoms with Crippen LogP contribution in [-0.4, -0.2) is 24.1 Å². The summed E-state index contributed by atoms with van der Waals surface area (Å²) in [4.78, 5) is 24.7. The maximum absolute atomic E-state index is 14.1. The molecule has 10 heteroatoms. The molecule has 3 rings (SSSR count). The molecule has 0 saturated carbocycles. The van der Waals surface area contributed by atoms with Crippen LogP contribution < -0.4 is 15.9 Å². The van der Waals surface area contributed by atoms with Gasteiger partial charge < -0.3 is 5.32 Å². The molecular formula is C19H17FN4O4S. The number of anilines is 1. The van der Waals surface area contributed by atoms with Crippen LogP contribution in [0.1, 0.15) is 21.7 Å². The molecule has 0 bridgehead atoms. The fourth-order valence-corrected chi connectivity index (χ4v) is 3.55. The highest BCUT2D eigenvalue weighted by Crippen LogP contribution is 2.19. The van der Waals surface area contributed by atoms with Crippen LogP contribution in [-0.2, 0) is 10.0 Å². The molecule has 0 radical (unpaired) electrons. The molecule has 150 valence electrons. The molecule has 1 amide bonds. The van der Waals surface area contributed by atoms with Gasteiger partial charge in [0.2, 0.25) is 15.5 Å². The van der Waals surface area contributed by atoms with Crippen LogP contribution in [0, 0.1) is 19.7 Å². The minimum Gasteiger partial charge on any atom is -0.320 e. The molecule has 1 aromatic heterocycles. The number of hydrogen-bond acceptors (Lipinski definition) is 5. The zero-order chi connectivity index (χ0) is 21.3. The van der Waals surface area contributed by atoms with Gasteiger partial charge in [0, 0.05) is 17.4 Å². The number of aryl methyl sites for hydroxylation is 2. The molecule has 0 aliphatic carbocycles. The summed E-state index contributed by atoms with van der Waals surface area (Å²) in [6.45, 7) is 3.11. The van der Waals surface area contributed by atoms with E-state index in [9.17, 15) is 22.4 Å². The Hall–Kier alpha value is -3.37. The molecule has 0 fully saturated rings. The number of carbonyl (C=O) groups excluding carboxylic acids is 1. The molecule has 3 aromatic rings. The lowest BCUT2D eigenvalue weighted by Gasteiger charge is -2.12. The molecule has 0 aliphatic rings. The van der Waals surface area contributed by atoms with E-state index in [1.807, 2.05) is 0 Å². The van der Waals surface area contributed by atoms with Gasteiger partial charge in [-0.2, -0.15) is 5.10 Å². The molecule has 3 N–H and O–H groups in total. The van der Waals surface area contributed by atoms with E-state index in [0.717, 1.165) is 4.68 Å². The number of benzene rings is 2. The van der Waals surface area contributed by atoms with Crippen molar-refractivity contribution >= 4 is 21.6 Å². The van der Waals surface area contributed by atoms with Crippen molar-refractivity contribution in [2.24, 2.45) is 5.14 Å². The standard InChI is InChI=1S/C19H17FN4O4S/c1-11-7-8-13(10-17(11)29(21,27)28)22-19(26)18-16(25)9-12(2)24(23-18)15-6-4-3-5-14(15)20/h3-10H,1-2H3,(H,22,26)(H2,21,27,28). The minimum atomic E-state index is -3.99. The molecule has 2 aromatic carbocycles. The predicted octanol–water partition coefficient (Wildman–Crippen LogP) is 1.89. The monoisotopic (exact) mass is 416 g/mol. The molecule has 1 heterocycles. The van der Waals surface area contributed by atoms with Crippen LogP contribution in [0.2, 0.25) is 0 Å². The number of aromatic nitrogens is 2. The maximum atomic E-state index is 14.1. The molecule has 0 atom stereocenters. The van der Waals surface area contributed by atoms with E-state index in [-0.39, 0.29) is 16.3 Å². The Kier molecular flexibility index (Phi) is 5.31. The van der Waals surface area contributed by atoms with E-state index < -0.39 is 32.9 Å². The van der Waals surface area contributed by atoms with E-state index in [0.29, 0.717) is 11.3 Å². The summed E-state index contributed by atoms with van der Waals surface area (Å²) in [6.07, 6.45) is 0. The quantitative estimate of drug-likeness (QED) is 0.672. The number of sulfonamides is 1. The first-order valence-electron chi connectivity index (χ1n) is 8.38. The summed E-state index contributed by atoms with van der Waals surface area (Å²) in [6, 6.07) is 11.1. The fraction of sp³-hybridized carbons (Fsp3) is 0.105. The highest BCUT2D eigenvalue weighted by atomic mass is 32.2. The Morgan fingerprint density at radius 3 is 2.48 bits per heavy atom. The van der Waals surface area contributed by atoms with Crippen molar-refractivity contribution in [1.29, 1.82) is 0 Å². The highest BCUT2D eigenvalue weighted by Gasteiger charge is 2.18. The minimum absolute atomic E-state index is 0.0749. The van der Waals surface area contributed by atoms with Crippen molar-refractivity contribution in [3.8, 4) is 5.69 Å². The van der Waals surface area contributed by atoms with Gasteiger partial charge in [0.15, 0.2) is 5.69 Å². The lowest BCUT2D eigenvalue weighted by molar-refractivity contribution is 0.101. The van der Waals surface area contributed by atoms with Crippen LogP contribution in [0.15, 0.2) is 58.2 Å². The topological polar surface area (TPSA) is 124 Å². The van der Waals surface area contributed by atoms with Crippen molar-refractivity contribution in [2.75, 3.05) is 5.32 Å². The average molecular weight is 416 g/mol. The number of amides is 1. The van der Waals surface area contributed by atoms with Gasteiger partial charge >= 0.3 is 0 Å². The first kappa shape index (κ1) is 20.4. The summed E-state index contributed by atoms with van der Waals surface area (Å²) in [5.41, 5.74) is -0.206. The van der Waals surface area contributed by atoms with Gasteiger partial charge in [-0.1, -0.05) is 18.2 Å². The Morgan fingerprint density at radius 1 is 1.14 bits per heavy atom. The van der Waals surface area contributed by atoms with E-state index >= 15 is 0 Å². The summed E-state index contributed by atoms with van der Waals surface area (Å²) in [5.74, 6) is -1.45. The molecular weight excluding hydrogens is 399 g/mol. The van der Waals surface area contributed by atoms with Crippen molar-refractivity contribution in [1.82, 2.24) is 9.78 Å². The van der Waals surface area contributed by atoms with Crippen molar-refractivity contribution < 1.29 is 17.6 Å². The number of carbonyl (C=O) groups is 1. The number of halogens is 1. The third kappa shape index (κ3) is 4.23. The van der Waals surface area contributed by atoms with Gasteiger partial charge in [-0.3, -0.25) is 9.59 Å². The zero-order valence-electron chi connectivity index (χ0n) is 15.5. The Bertz CT molecular complexity index is 1290. The van der Waals surface area contributed by atoms with Gasteiger partial charge in [0.05, 0.1) is 4.90 Å². The van der Waals surface area contributed by atoms with Crippen molar-refractivity contribution in [2.45, 2.75) is 18.7 Å². The normalized spacial score (nSPS) is 11.3. The number of para-hydroxylation sites is 1. The third-order valence-corrected chi connectivity index (χ3v) is 5.21. The highest BCUT2D eigenvalue weighted by molar-refractivity contribution is 7.89. The second-order valence-electron chi connectivity index (χ2n) is 6.34. The number of primary sulfonamides is 1. The second-order valence-corrected chi connectivity index (χ2v) is 7.87. The third-order valence-electron chi connectivity index (χ3n) is 4.16. The SMILES string of the molecule is Cc1ccc(NC(=O)c2nn(-c3ccccc3F)c(C)cc2=O)cc1S(N)(=O)=O. The van der Waals surface area contributed by atoms with Crippen LogP contribution in [0.5, 0.6) is 0 Å². The fourth-order valence-electron chi connectivity index (χ4n) is 2.75. The number of rotatable bonds is 4. The number of nitrogens with zero attached hydrogens (tertiary/aromatic N) is 2. The first-order valence-corrected chi connectivity index (χ1v) is 9.93. The molecule has 8 nitrogen and oxygen atoms in total. The Balaban J connectivity index is 2.02. The van der Waals surface area contributed by atoms with E-state index in [1.54, 1.807) is 19.9 Å². The van der Waals surface area contributed by atoms with E-state index in [4.69, 9.17) is 5.14 Å². The average Bonchev–Trinajstić information content (AvgIpc) is 2.63. The summed E-state index contributed by atoms with van der Waals surface area (Å²) >= 11 is 0. The summed E-state index contributed by atoms with van der Waals surface area (Å²) < 4.78 is 38.6. The number of hydrogen-bond donors (Lipinski definition) is 2. The summed E-state index contributed by atoms with van der Waals surface area (Å²) in [7, 11) is -3.99. The van der Waals surface area contributed by atoms with Crippen molar-refractivity contribution in [3.63, 3.8) is 0 Å². The molecule has 0 saturated heterocycles. The molecule has 0 spiro atoms.